The van der Waals surface area contributed by atoms with Crippen molar-refractivity contribution in [3.8, 4) is 11.5 Å². The Balaban J connectivity index is 1.64. The average Bonchev–Trinajstić information content (AvgIpc) is 2.98. The number of carbonyl (C=O) groups excluding carboxylic acids is 1. The van der Waals surface area contributed by atoms with Crippen molar-refractivity contribution in [2.24, 2.45) is 0 Å². The number of benzene rings is 3. The zero-order valence-corrected chi connectivity index (χ0v) is 24.2. The van der Waals surface area contributed by atoms with E-state index in [4.69, 9.17) is 9.47 Å². The van der Waals surface area contributed by atoms with Crippen LogP contribution in [0.3, 0.4) is 0 Å². The second kappa shape index (κ2) is 13.0. The first-order chi connectivity index (χ1) is 19.6. The van der Waals surface area contributed by atoms with E-state index in [2.05, 4.69) is 61.3 Å². The highest BCUT2D eigenvalue weighted by Gasteiger charge is 2.16. The minimum Gasteiger partial charge on any atom is -0.486 e. The quantitative estimate of drug-likeness (QED) is 0.151. The number of hydrogen-bond acceptors (Lipinski definition) is 6. The van der Waals surface area contributed by atoms with Crippen molar-refractivity contribution in [2.45, 2.75) is 34.1 Å². The number of rotatable bonds is 10. The monoisotopic (exact) mass is 552 g/mol. The van der Waals surface area contributed by atoms with E-state index in [0.717, 1.165) is 17.8 Å². The maximum Gasteiger partial charge on any atom is 0.335 e. The van der Waals surface area contributed by atoms with E-state index in [0.29, 0.717) is 41.7 Å². The van der Waals surface area contributed by atoms with Gasteiger partial charge in [0.2, 0.25) is 0 Å². The molecule has 4 rings (SSSR count). The summed E-state index contributed by atoms with van der Waals surface area (Å²) in [6.07, 6.45) is 6.71. The number of allylic oxidation sites excluding steroid dienone is 5. The van der Waals surface area contributed by atoms with Crippen molar-refractivity contribution in [1.29, 1.82) is 0 Å². The number of carboxylic acids is 1. The van der Waals surface area contributed by atoms with Crippen LogP contribution in [0.15, 0.2) is 95.7 Å². The lowest BCUT2D eigenvalue weighted by molar-refractivity contribution is 0.0697. The Morgan fingerprint density at radius 2 is 1.59 bits per heavy atom. The highest BCUT2D eigenvalue weighted by molar-refractivity contribution is 6.10. The molecule has 1 aliphatic rings. The number of likely N-dealkylation sites (N-methyl/N-ethyl adjacent to an activating group) is 1. The molecule has 0 spiro atoms. The molecule has 3 aromatic carbocycles. The molecular formula is C34H36N2O5. The molecule has 0 aliphatic carbocycles. The molecule has 0 atom stereocenters. The Morgan fingerprint density at radius 1 is 0.902 bits per heavy atom. The highest BCUT2D eigenvalue weighted by Crippen LogP contribution is 2.34. The number of aromatic carboxylic acids is 1. The molecule has 0 bridgehead atoms. The van der Waals surface area contributed by atoms with Gasteiger partial charge in [0.1, 0.15) is 13.2 Å². The third-order valence-corrected chi connectivity index (χ3v) is 6.90. The summed E-state index contributed by atoms with van der Waals surface area (Å²) in [5.74, 6) is -0.116. The smallest absolute Gasteiger partial charge is 0.335 e. The normalized spacial score (nSPS) is 13.5. The van der Waals surface area contributed by atoms with Gasteiger partial charge in [-0.1, -0.05) is 36.3 Å². The van der Waals surface area contributed by atoms with Crippen LogP contribution in [0.4, 0.5) is 17.1 Å². The molecule has 212 valence electrons. The Labute approximate surface area is 241 Å². The molecule has 0 saturated carbocycles. The van der Waals surface area contributed by atoms with Crippen LogP contribution in [0.5, 0.6) is 11.5 Å². The number of anilines is 3. The van der Waals surface area contributed by atoms with Crippen LogP contribution in [0.25, 0.3) is 0 Å². The molecule has 0 fully saturated rings. The summed E-state index contributed by atoms with van der Waals surface area (Å²) in [6.45, 7) is 8.92. The lowest BCUT2D eigenvalue weighted by Gasteiger charge is -2.21. The number of ether oxygens (including phenoxy) is 2. The van der Waals surface area contributed by atoms with Crippen LogP contribution in [0.1, 0.15) is 53.5 Å². The number of fused-ring (bicyclic) bond motifs is 1. The lowest BCUT2D eigenvalue weighted by atomic mass is 10.0. The van der Waals surface area contributed by atoms with Gasteiger partial charge in [0, 0.05) is 41.4 Å². The van der Waals surface area contributed by atoms with Gasteiger partial charge in [0.25, 0.3) is 0 Å². The van der Waals surface area contributed by atoms with E-state index in [1.807, 2.05) is 19.2 Å². The van der Waals surface area contributed by atoms with Gasteiger partial charge in [0.05, 0.1) is 5.56 Å². The molecule has 0 amide bonds. The van der Waals surface area contributed by atoms with E-state index < -0.39 is 5.97 Å². The number of nitrogens with one attached hydrogen (secondary N) is 1. The fourth-order valence-corrected chi connectivity index (χ4v) is 4.28. The number of carbonyl (C=O) groups is 2. The van der Waals surface area contributed by atoms with Crippen molar-refractivity contribution in [2.75, 3.05) is 30.5 Å². The highest BCUT2D eigenvalue weighted by atomic mass is 16.6. The van der Waals surface area contributed by atoms with E-state index in [-0.39, 0.29) is 16.9 Å². The molecule has 1 heterocycles. The summed E-state index contributed by atoms with van der Waals surface area (Å²) >= 11 is 0. The molecule has 0 radical (unpaired) electrons. The minimum atomic E-state index is -1.12. The van der Waals surface area contributed by atoms with E-state index in [1.54, 1.807) is 31.2 Å². The summed E-state index contributed by atoms with van der Waals surface area (Å²) in [5, 5.41) is 12.9. The summed E-state index contributed by atoms with van der Waals surface area (Å²) < 4.78 is 11.2. The van der Waals surface area contributed by atoms with Gasteiger partial charge in [-0.05, 0) is 87.4 Å². The summed E-state index contributed by atoms with van der Waals surface area (Å²) in [4.78, 5) is 27.5. The predicted molar refractivity (Wildman–Crippen MR) is 164 cm³/mol. The number of ketones is 1. The van der Waals surface area contributed by atoms with Gasteiger partial charge in [-0.25, -0.2) is 4.79 Å². The van der Waals surface area contributed by atoms with Crippen LogP contribution in [-0.4, -0.2) is 37.1 Å². The van der Waals surface area contributed by atoms with Crippen molar-refractivity contribution < 1.29 is 24.2 Å². The van der Waals surface area contributed by atoms with Crippen LogP contribution in [-0.2, 0) is 0 Å². The van der Waals surface area contributed by atoms with Crippen LogP contribution >= 0.6 is 0 Å². The van der Waals surface area contributed by atoms with Gasteiger partial charge in [-0.2, -0.15) is 0 Å². The van der Waals surface area contributed by atoms with E-state index in [9.17, 15) is 14.7 Å². The fourth-order valence-electron chi connectivity index (χ4n) is 4.28. The maximum atomic E-state index is 13.5. The predicted octanol–water partition coefficient (Wildman–Crippen LogP) is 7.71. The Hall–Kier alpha value is -4.78. The summed E-state index contributed by atoms with van der Waals surface area (Å²) in [5.41, 5.74) is 6.29. The number of hydrogen-bond donors (Lipinski definition) is 2. The van der Waals surface area contributed by atoms with E-state index >= 15 is 0 Å². The molecule has 7 nitrogen and oxygen atoms in total. The van der Waals surface area contributed by atoms with Gasteiger partial charge in [0.15, 0.2) is 17.3 Å². The van der Waals surface area contributed by atoms with Crippen molar-refractivity contribution in [3.63, 3.8) is 0 Å². The Kier molecular flexibility index (Phi) is 9.30. The molecule has 41 heavy (non-hydrogen) atoms. The lowest BCUT2D eigenvalue weighted by Crippen LogP contribution is -2.15. The van der Waals surface area contributed by atoms with Gasteiger partial charge in [-0.3, -0.25) is 4.79 Å². The first-order valence-electron chi connectivity index (χ1n) is 13.6. The molecule has 1 aliphatic heterocycles. The molecule has 7 heteroatoms. The van der Waals surface area contributed by atoms with E-state index in [1.165, 1.54) is 23.3 Å². The number of carboxylic acid groups (broad SMARTS) is 1. The van der Waals surface area contributed by atoms with Crippen LogP contribution in [0.2, 0.25) is 0 Å². The third-order valence-electron chi connectivity index (χ3n) is 6.90. The van der Waals surface area contributed by atoms with Gasteiger partial charge in [-0.15, -0.1) is 0 Å². The number of Topliss-reactive ketones (excluding diaryl/α,β-unsaturated/α-hetero) is 1. The second-order valence-corrected chi connectivity index (χ2v) is 10.1. The van der Waals surface area contributed by atoms with Crippen LogP contribution in [0, 0.1) is 6.92 Å². The van der Waals surface area contributed by atoms with Gasteiger partial charge >= 0.3 is 5.97 Å². The Bertz CT molecular complexity index is 1530. The molecule has 0 aromatic heterocycles. The first kappa shape index (κ1) is 29.2. The summed E-state index contributed by atoms with van der Waals surface area (Å²) in [6, 6.07) is 18.2. The van der Waals surface area contributed by atoms with Crippen molar-refractivity contribution >= 4 is 28.8 Å². The molecule has 2 N–H and O–H groups in total. The molecule has 0 saturated heterocycles. The largest absolute Gasteiger partial charge is 0.486 e. The summed E-state index contributed by atoms with van der Waals surface area (Å²) in [7, 11) is 1.99. The van der Waals surface area contributed by atoms with Crippen molar-refractivity contribution in [1.82, 2.24) is 0 Å². The number of aryl methyl sites for hydroxylation is 1. The minimum absolute atomic E-state index is 0.0144. The molecular weight excluding hydrogens is 516 g/mol. The zero-order chi connectivity index (χ0) is 29.5. The third kappa shape index (κ3) is 7.45. The van der Waals surface area contributed by atoms with Crippen molar-refractivity contribution in [3.05, 3.63) is 112 Å². The topological polar surface area (TPSA) is 88.1 Å². The zero-order valence-electron chi connectivity index (χ0n) is 24.2. The SMILES string of the molecule is CCC(C)=CC(=CC=C(C)C(=O)c1cc(Nc2ccc3c(c2)OCCO3)cc(C(=O)O)c1)N(C)c1ccc(C)cc1. The van der Waals surface area contributed by atoms with Crippen LogP contribution < -0.4 is 19.7 Å². The Morgan fingerprint density at radius 3 is 2.27 bits per heavy atom. The first-order valence-corrected chi connectivity index (χ1v) is 13.6. The molecule has 3 aromatic rings. The maximum absolute atomic E-state index is 13.5. The average molecular weight is 553 g/mol. The molecule has 0 unspecified atom stereocenters. The fraction of sp³-hybridized carbons (Fsp3) is 0.235. The van der Waals surface area contributed by atoms with Gasteiger partial charge < -0.3 is 24.8 Å². The second-order valence-electron chi connectivity index (χ2n) is 10.1. The standard InChI is InChI=1S/C34H36N2O5/c1-6-22(2)17-30(36(5)29-11-7-23(3)8-12-29)13-9-24(4)33(37)25-18-26(34(38)39)20-28(19-25)35-27-10-14-31-32(21-27)41-16-15-40-31/h7-14,17-21,35H,6,15-16H2,1-5H3,(H,38,39). The number of nitrogens with zero attached hydrogens (tertiary/aromatic N) is 1.